The topological polar surface area (TPSA) is 29.1 Å². The highest BCUT2D eigenvalue weighted by Gasteiger charge is 2.91. The molecule has 0 aliphatic heterocycles. The molecule has 0 heterocycles. The summed E-state index contributed by atoms with van der Waals surface area (Å²) in [7, 11) is 0. The Morgan fingerprint density at radius 2 is 1.07 bits per heavy atom. The van der Waals surface area contributed by atoms with Crippen molar-refractivity contribution in [3.05, 3.63) is 0 Å². The lowest BCUT2D eigenvalue weighted by molar-refractivity contribution is -0.436. The van der Waals surface area contributed by atoms with Crippen molar-refractivity contribution >= 4 is 5.91 Å². The molecule has 0 spiro atoms. The van der Waals surface area contributed by atoms with Crippen molar-refractivity contribution in [2.24, 2.45) is 5.92 Å². The zero-order valence-electron chi connectivity index (χ0n) is 13.3. The van der Waals surface area contributed by atoms with Crippen LogP contribution in [-0.2, 0) is 4.79 Å². The van der Waals surface area contributed by atoms with Gasteiger partial charge in [-0.3, -0.25) is 4.79 Å². The lowest BCUT2D eigenvalue weighted by Gasteiger charge is -2.39. The van der Waals surface area contributed by atoms with Crippen molar-refractivity contribution in [3.63, 3.8) is 0 Å². The van der Waals surface area contributed by atoms with E-state index in [-0.39, 0.29) is 12.3 Å². The lowest BCUT2D eigenvalue weighted by atomic mass is 9.93. The Balaban J connectivity index is 5.97. The Labute approximate surface area is 143 Å². The van der Waals surface area contributed by atoms with Gasteiger partial charge >= 0.3 is 35.8 Å². The van der Waals surface area contributed by atoms with E-state index in [1.165, 1.54) is 13.8 Å². The molecule has 0 saturated carbocycles. The van der Waals surface area contributed by atoms with Crippen LogP contribution in [0.15, 0.2) is 0 Å². The quantitative estimate of drug-likeness (QED) is 0.543. The summed E-state index contributed by atoms with van der Waals surface area (Å²) in [6, 6.07) is 0. The fourth-order valence-electron chi connectivity index (χ4n) is 1.50. The average molecular weight is 433 g/mol. The molecule has 27 heavy (non-hydrogen) atoms. The molecule has 0 rings (SSSR count). The van der Waals surface area contributed by atoms with E-state index >= 15 is 0 Å². The first-order valence-electron chi connectivity index (χ1n) is 6.83. The molecule has 0 aliphatic rings. The molecule has 0 bridgehead atoms. The van der Waals surface area contributed by atoms with Crippen molar-refractivity contribution in [1.29, 1.82) is 0 Å². The molecule has 162 valence electrons. The minimum atomic E-state index is -8.01. The summed E-state index contributed by atoms with van der Waals surface area (Å²) in [5.41, 5.74) is 0. The molecular weight excluding hydrogens is 421 g/mol. The van der Waals surface area contributed by atoms with E-state index in [0.29, 0.717) is 0 Å². The first kappa shape index (κ1) is 25.6. The summed E-state index contributed by atoms with van der Waals surface area (Å²) < 4.78 is 166. The van der Waals surface area contributed by atoms with Crippen LogP contribution in [0.2, 0.25) is 0 Å². The van der Waals surface area contributed by atoms with Gasteiger partial charge in [-0.1, -0.05) is 13.8 Å². The molecule has 0 radical (unpaired) electrons. The van der Waals surface area contributed by atoms with Gasteiger partial charge in [0.2, 0.25) is 0 Å². The third-order valence-electron chi connectivity index (χ3n) is 3.23. The first-order chi connectivity index (χ1) is 11.6. The Bertz CT molecular complexity index is 538. The van der Waals surface area contributed by atoms with Crippen molar-refractivity contribution in [1.82, 2.24) is 5.32 Å². The largest absolute Gasteiger partial charge is 0.460 e. The summed E-state index contributed by atoms with van der Waals surface area (Å²) in [6.45, 7) is 2.09. The average Bonchev–Trinajstić information content (AvgIpc) is 2.44. The monoisotopic (exact) mass is 433 g/mol. The van der Waals surface area contributed by atoms with Crippen LogP contribution in [0.25, 0.3) is 0 Å². The summed E-state index contributed by atoms with van der Waals surface area (Å²) in [5, 5.41) is 0.996. The van der Waals surface area contributed by atoms with Crippen LogP contribution in [0.3, 0.4) is 0 Å². The van der Waals surface area contributed by atoms with Gasteiger partial charge in [0, 0.05) is 6.54 Å². The third kappa shape index (κ3) is 4.05. The van der Waals surface area contributed by atoms with E-state index in [4.69, 9.17) is 0 Å². The second-order valence-electron chi connectivity index (χ2n) is 5.81. The Hall–Kier alpha value is -1.44. The van der Waals surface area contributed by atoms with E-state index in [1.54, 1.807) is 0 Å². The number of nitrogens with one attached hydrogen (secondary N) is 1. The molecule has 2 nitrogen and oxygen atoms in total. The fraction of sp³-hybridized carbons (Fsp3) is 0.917. The van der Waals surface area contributed by atoms with Crippen molar-refractivity contribution < 1.29 is 61.9 Å². The number of hydrogen-bond acceptors (Lipinski definition) is 1. The first-order valence-corrected chi connectivity index (χ1v) is 6.83. The van der Waals surface area contributed by atoms with Crippen molar-refractivity contribution in [2.45, 2.75) is 56.1 Å². The summed E-state index contributed by atoms with van der Waals surface area (Å²) >= 11 is 0. The van der Waals surface area contributed by atoms with Crippen molar-refractivity contribution in [2.75, 3.05) is 6.54 Å². The highest BCUT2D eigenvalue weighted by molar-refractivity contribution is 5.84. The molecule has 0 atom stereocenters. The maximum absolute atomic E-state index is 13.3. The second-order valence-corrected chi connectivity index (χ2v) is 5.81. The summed E-state index contributed by atoms with van der Waals surface area (Å²) in [6.07, 6.45) is -7.64. The summed E-state index contributed by atoms with van der Waals surface area (Å²) in [4.78, 5) is 11.0. The van der Waals surface area contributed by atoms with Crippen LogP contribution in [0.4, 0.5) is 57.1 Å². The van der Waals surface area contributed by atoms with Gasteiger partial charge in [0.1, 0.15) is 0 Å². The van der Waals surface area contributed by atoms with Crippen LogP contribution >= 0.6 is 0 Å². The molecule has 0 aliphatic carbocycles. The molecule has 0 aromatic heterocycles. The smallest absolute Gasteiger partial charge is 0.351 e. The SMILES string of the molecule is CC(C)CCNC(=O)C(F)(F)C(F)(F)C(F)(F)C(F)(F)C(F)(F)C(F)(F)F. The Morgan fingerprint density at radius 1 is 0.704 bits per heavy atom. The molecule has 1 N–H and O–H groups in total. The standard InChI is InChI=1S/C12H12F13NO/c1-5(2)3-4-26-6(27)7(13,14)8(15,16)9(17,18)10(19,20)11(21,22)12(23,24)25/h5H,3-4H2,1-2H3,(H,26,27). The number of carbonyl (C=O) groups is 1. The number of amides is 1. The van der Waals surface area contributed by atoms with Gasteiger partial charge < -0.3 is 5.32 Å². The minimum absolute atomic E-state index is 0.161. The van der Waals surface area contributed by atoms with E-state index < -0.39 is 48.2 Å². The fourth-order valence-corrected chi connectivity index (χ4v) is 1.50. The van der Waals surface area contributed by atoms with Gasteiger partial charge in [0.25, 0.3) is 5.91 Å². The summed E-state index contributed by atoms with van der Waals surface area (Å²) in [5.74, 6) is -41.7. The van der Waals surface area contributed by atoms with Gasteiger partial charge in [0.05, 0.1) is 0 Å². The van der Waals surface area contributed by atoms with Crippen LogP contribution < -0.4 is 5.32 Å². The number of halogens is 13. The minimum Gasteiger partial charge on any atom is -0.351 e. The molecule has 0 saturated heterocycles. The normalized spacial score (nSPS) is 15.3. The third-order valence-corrected chi connectivity index (χ3v) is 3.23. The highest BCUT2D eigenvalue weighted by Crippen LogP contribution is 2.60. The van der Waals surface area contributed by atoms with Crippen LogP contribution in [0.1, 0.15) is 20.3 Å². The number of alkyl halides is 13. The highest BCUT2D eigenvalue weighted by atomic mass is 19.4. The van der Waals surface area contributed by atoms with E-state index in [2.05, 4.69) is 0 Å². The Kier molecular flexibility index (Phi) is 6.80. The number of rotatable bonds is 8. The predicted molar refractivity (Wildman–Crippen MR) is 63.3 cm³/mol. The maximum Gasteiger partial charge on any atom is 0.460 e. The van der Waals surface area contributed by atoms with Crippen LogP contribution in [-0.4, -0.2) is 48.2 Å². The van der Waals surface area contributed by atoms with Gasteiger partial charge in [-0.15, -0.1) is 0 Å². The van der Waals surface area contributed by atoms with Crippen LogP contribution in [0, 0.1) is 5.92 Å². The van der Waals surface area contributed by atoms with Crippen molar-refractivity contribution in [3.8, 4) is 0 Å². The van der Waals surface area contributed by atoms with Gasteiger partial charge in [-0.05, 0) is 12.3 Å². The maximum atomic E-state index is 13.3. The van der Waals surface area contributed by atoms with Gasteiger partial charge in [0.15, 0.2) is 0 Å². The number of hydrogen-bond donors (Lipinski definition) is 1. The van der Waals surface area contributed by atoms with E-state index in [1.807, 2.05) is 0 Å². The second kappa shape index (κ2) is 7.18. The molecule has 0 unspecified atom stereocenters. The van der Waals surface area contributed by atoms with Gasteiger partial charge in [-0.25, -0.2) is 0 Å². The molecule has 15 heteroatoms. The predicted octanol–water partition coefficient (Wildman–Crippen LogP) is 4.89. The van der Waals surface area contributed by atoms with E-state index in [0.717, 1.165) is 5.32 Å². The molecule has 0 aromatic carbocycles. The molecule has 0 fully saturated rings. The number of carbonyl (C=O) groups excluding carboxylic acids is 1. The molecule has 0 aromatic rings. The van der Waals surface area contributed by atoms with Crippen LogP contribution in [0.5, 0.6) is 0 Å². The Morgan fingerprint density at radius 3 is 1.41 bits per heavy atom. The zero-order valence-corrected chi connectivity index (χ0v) is 13.3. The van der Waals surface area contributed by atoms with E-state index in [9.17, 15) is 61.9 Å². The lowest BCUT2D eigenvalue weighted by Crippen LogP contribution is -2.72. The van der Waals surface area contributed by atoms with Gasteiger partial charge in [-0.2, -0.15) is 57.1 Å². The zero-order chi connectivity index (χ0) is 22.3. The molecular formula is C12H12F13NO. The molecule has 1 amide bonds.